The first kappa shape index (κ1) is 12.8. The molecule has 1 aliphatic heterocycles. The molecule has 1 aromatic carbocycles. The first-order valence-electron chi connectivity index (χ1n) is 5.95. The van der Waals surface area contributed by atoms with E-state index in [-0.39, 0.29) is 16.9 Å². The van der Waals surface area contributed by atoms with Gasteiger partial charge in [-0.15, -0.1) is 0 Å². The Morgan fingerprint density at radius 1 is 1.61 bits per heavy atom. The zero-order chi connectivity index (χ0) is 13.1. The fraction of sp³-hybridized carbons (Fsp3) is 0.385. The fourth-order valence-electron chi connectivity index (χ4n) is 2.07. The Hall–Kier alpha value is -1.62. The van der Waals surface area contributed by atoms with E-state index in [0.717, 1.165) is 11.3 Å². The highest BCUT2D eigenvalue weighted by Gasteiger charge is 2.28. The van der Waals surface area contributed by atoms with E-state index < -0.39 is 5.92 Å². The maximum atomic E-state index is 12.0. The van der Waals surface area contributed by atoms with Crippen LogP contribution in [0.4, 0.5) is 0 Å². The van der Waals surface area contributed by atoms with Gasteiger partial charge in [-0.05, 0) is 12.5 Å². The second-order valence-corrected chi connectivity index (χ2v) is 4.74. The average molecular weight is 264 g/mol. The summed E-state index contributed by atoms with van der Waals surface area (Å²) in [6, 6.07) is 7.57. The van der Waals surface area contributed by atoms with Crippen molar-refractivity contribution in [1.82, 2.24) is 5.32 Å². The van der Waals surface area contributed by atoms with Gasteiger partial charge in [0.25, 0.3) is 0 Å². The molecule has 2 unspecified atom stereocenters. The van der Waals surface area contributed by atoms with Crippen LogP contribution < -0.4 is 15.8 Å². The lowest BCUT2D eigenvalue weighted by atomic mass is 10.0. The third-order valence-corrected chi connectivity index (χ3v) is 3.37. The van der Waals surface area contributed by atoms with Gasteiger partial charge in [-0.3, -0.25) is 4.79 Å². The van der Waals surface area contributed by atoms with Crippen LogP contribution in [0.15, 0.2) is 24.3 Å². The summed E-state index contributed by atoms with van der Waals surface area (Å²) in [7, 11) is 0. The number of nitrogens with two attached hydrogens (primary N) is 1. The summed E-state index contributed by atoms with van der Waals surface area (Å²) >= 11 is 4.90. The van der Waals surface area contributed by atoms with Crippen molar-refractivity contribution in [3.05, 3.63) is 29.8 Å². The standard InChI is InChI=1S/C13H16N2O2S/c1-2-8(12(14)18)13(16)15-10-7-17-11-6-4-3-5-9(10)11/h3-6,8,10H,2,7H2,1H3,(H2,14,18)(H,15,16). The van der Waals surface area contributed by atoms with Crippen molar-refractivity contribution in [2.75, 3.05) is 6.61 Å². The van der Waals surface area contributed by atoms with Gasteiger partial charge in [-0.2, -0.15) is 0 Å². The van der Waals surface area contributed by atoms with Crippen LogP contribution in [0, 0.1) is 5.92 Å². The number of thiocarbonyl (C=S) groups is 1. The summed E-state index contributed by atoms with van der Waals surface area (Å²) in [5, 5.41) is 2.94. The highest BCUT2D eigenvalue weighted by atomic mass is 32.1. The van der Waals surface area contributed by atoms with E-state index in [1.807, 2.05) is 31.2 Å². The van der Waals surface area contributed by atoms with Crippen molar-refractivity contribution in [2.24, 2.45) is 11.7 Å². The molecule has 1 aromatic rings. The largest absolute Gasteiger partial charge is 0.491 e. The number of fused-ring (bicyclic) bond motifs is 1. The maximum Gasteiger partial charge on any atom is 0.230 e. The van der Waals surface area contributed by atoms with Crippen molar-refractivity contribution in [1.29, 1.82) is 0 Å². The summed E-state index contributed by atoms with van der Waals surface area (Å²) in [6.07, 6.45) is 0.608. The Bertz CT molecular complexity index is 476. The van der Waals surface area contributed by atoms with Gasteiger partial charge >= 0.3 is 0 Å². The minimum absolute atomic E-state index is 0.114. The van der Waals surface area contributed by atoms with E-state index in [0.29, 0.717) is 13.0 Å². The number of rotatable bonds is 4. The topological polar surface area (TPSA) is 64.3 Å². The van der Waals surface area contributed by atoms with Crippen LogP contribution in [0.25, 0.3) is 0 Å². The fourth-order valence-corrected chi connectivity index (χ4v) is 2.34. The molecule has 0 saturated heterocycles. The predicted molar refractivity (Wildman–Crippen MR) is 73.4 cm³/mol. The zero-order valence-corrected chi connectivity index (χ0v) is 11.0. The van der Waals surface area contributed by atoms with Gasteiger partial charge in [0.2, 0.25) is 5.91 Å². The molecule has 0 radical (unpaired) electrons. The van der Waals surface area contributed by atoms with Gasteiger partial charge in [0.15, 0.2) is 0 Å². The number of ether oxygens (including phenoxy) is 1. The Kier molecular flexibility index (Phi) is 3.81. The van der Waals surface area contributed by atoms with Gasteiger partial charge < -0.3 is 15.8 Å². The molecule has 0 fully saturated rings. The van der Waals surface area contributed by atoms with E-state index in [1.54, 1.807) is 0 Å². The van der Waals surface area contributed by atoms with E-state index in [4.69, 9.17) is 22.7 Å². The summed E-state index contributed by atoms with van der Waals surface area (Å²) in [4.78, 5) is 12.3. The lowest BCUT2D eigenvalue weighted by Gasteiger charge is -2.17. The van der Waals surface area contributed by atoms with Crippen LogP contribution in [0.3, 0.4) is 0 Å². The molecule has 96 valence electrons. The molecule has 1 aliphatic rings. The molecule has 0 bridgehead atoms. The van der Waals surface area contributed by atoms with Crippen LogP contribution in [-0.2, 0) is 4.79 Å². The van der Waals surface area contributed by atoms with Crippen molar-refractivity contribution in [3.8, 4) is 5.75 Å². The van der Waals surface area contributed by atoms with Crippen LogP contribution in [-0.4, -0.2) is 17.5 Å². The maximum absolute atomic E-state index is 12.0. The highest BCUT2D eigenvalue weighted by Crippen LogP contribution is 2.31. The number of hydrogen-bond donors (Lipinski definition) is 2. The van der Waals surface area contributed by atoms with Crippen LogP contribution in [0.1, 0.15) is 24.9 Å². The summed E-state index contributed by atoms with van der Waals surface area (Å²) in [6.45, 7) is 2.35. The van der Waals surface area contributed by atoms with Crippen LogP contribution in [0.2, 0.25) is 0 Å². The number of hydrogen-bond acceptors (Lipinski definition) is 3. The third kappa shape index (κ3) is 2.46. The number of benzene rings is 1. The average Bonchev–Trinajstić information content (AvgIpc) is 2.73. The Morgan fingerprint density at radius 2 is 2.33 bits per heavy atom. The SMILES string of the molecule is CCC(C(=O)NC1COc2ccccc21)C(N)=S. The summed E-state index contributed by atoms with van der Waals surface area (Å²) in [5.41, 5.74) is 6.56. The first-order valence-corrected chi connectivity index (χ1v) is 6.35. The Balaban J connectivity index is 2.08. The van der Waals surface area contributed by atoms with Crippen molar-refractivity contribution in [2.45, 2.75) is 19.4 Å². The molecule has 4 nitrogen and oxygen atoms in total. The molecule has 0 aliphatic carbocycles. The lowest BCUT2D eigenvalue weighted by Crippen LogP contribution is -2.39. The Morgan fingerprint density at radius 3 is 3.00 bits per heavy atom. The van der Waals surface area contributed by atoms with Crippen molar-refractivity contribution >= 4 is 23.1 Å². The molecular formula is C13H16N2O2S. The number of amides is 1. The first-order chi connectivity index (χ1) is 8.63. The van der Waals surface area contributed by atoms with Crippen molar-refractivity contribution in [3.63, 3.8) is 0 Å². The summed E-state index contributed by atoms with van der Waals surface area (Å²) < 4.78 is 5.51. The monoisotopic (exact) mass is 264 g/mol. The minimum atomic E-state index is -0.409. The van der Waals surface area contributed by atoms with Gasteiger partial charge in [-0.25, -0.2) is 0 Å². The number of carbonyl (C=O) groups excluding carboxylic acids is 1. The second-order valence-electron chi connectivity index (χ2n) is 4.27. The molecule has 1 heterocycles. The predicted octanol–water partition coefficient (Wildman–Crippen LogP) is 1.55. The molecule has 0 spiro atoms. The van der Waals surface area contributed by atoms with Gasteiger partial charge in [0.1, 0.15) is 12.4 Å². The molecule has 18 heavy (non-hydrogen) atoms. The minimum Gasteiger partial charge on any atom is -0.491 e. The van der Waals surface area contributed by atoms with E-state index in [9.17, 15) is 4.79 Å². The summed E-state index contributed by atoms with van der Waals surface area (Å²) in [5.74, 6) is 0.286. The van der Waals surface area contributed by atoms with Crippen LogP contribution in [0.5, 0.6) is 5.75 Å². The molecule has 5 heteroatoms. The zero-order valence-electron chi connectivity index (χ0n) is 10.2. The number of nitrogens with one attached hydrogen (secondary N) is 1. The number of carbonyl (C=O) groups is 1. The van der Waals surface area contributed by atoms with Gasteiger partial charge in [-0.1, -0.05) is 37.3 Å². The van der Waals surface area contributed by atoms with E-state index in [2.05, 4.69) is 5.32 Å². The smallest absolute Gasteiger partial charge is 0.230 e. The molecule has 2 rings (SSSR count). The van der Waals surface area contributed by atoms with Gasteiger partial charge in [0, 0.05) is 5.56 Å². The molecule has 3 N–H and O–H groups in total. The molecule has 2 atom stereocenters. The molecule has 0 saturated carbocycles. The third-order valence-electron chi connectivity index (χ3n) is 3.08. The van der Waals surface area contributed by atoms with Gasteiger partial charge in [0.05, 0.1) is 16.9 Å². The number of para-hydroxylation sites is 1. The normalized spacial score (nSPS) is 18.6. The second kappa shape index (κ2) is 5.35. The van der Waals surface area contributed by atoms with E-state index >= 15 is 0 Å². The van der Waals surface area contributed by atoms with E-state index in [1.165, 1.54) is 0 Å². The molecule has 0 aromatic heterocycles. The lowest BCUT2D eigenvalue weighted by molar-refractivity contribution is -0.123. The van der Waals surface area contributed by atoms with Crippen molar-refractivity contribution < 1.29 is 9.53 Å². The Labute approximate surface area is 112 Å². The molecule has 1 amide bonds. The quantitative estimate of drug-likeness (QED) is 0.810. The molecular weight excluding hydrogens is 248 g/mol. The van der Waals surface area contributed by atoms with Crippen LogP contribution >= 0.6 is 12.2 Å². The highest BCUT2D eigenvalue weighted by molar-refractivity contribution is 7.80.